The second-order valence-electron chi connectivity index (χ2n) is 8.66. The third kappa shape index (κ3) is 5.55. The van der Waals surface area contributed by atoms with E-state index in [-0.39, 0.29) is 0 Å². The highest BCUT2D eigenvalue weighted by Gasteiger charge is 2.18. The van der Waals surface area contributed by atoms with E-state index >= 15 is 0 Å². The first-order chi connectivity index (χ1) is 17.6. The number of hydrogen-bond donors (Lipinski definition) is 2. The van der Waals surface area contributed by atoms with Gasteiger partial charge in [0.1, 0.15) is 5.82 Å². The van der Waals surface area contributed by atoms with Crippen LogP contribution in [-0.4, -0.2) is 29.8 Å². The number of aromatic amines is 1. The van der Waals surface area contributed by atoms with E-state index in [4.69, 9.17) is 26.7 Å². The molecular formula is C27H28ClN7S. The molecule has 0 atom stereocenters. The third-order valence-corrected chi connectivity index (χ3v) is 7.15. The first kappa shape index (κ1) is 24.3. The molecule has 0 bridgehead atoms. The number of halogens is 1. The molecular weight excluding hydrogens is 490 g/mol. The molecule has 0 fully saturated rings. The number of rotatable bonds is 10. The van der Waals surface area contributed by atoms with Crippen molar-refractivity contribution >= 4 is 40.8 Å². The molecule has 5 rings (SSSR count). The number of benzene rings is 2. The molecule has 0 aliphatic heterocycles. The summed E-state index contributed by atoms with van der Waals surface area (Å²) in [6, 6.07) is 20.0. The van der Waals surface area contributed by atoms with E-state index in [2.05, 4.69) is 34.6 Å². The lowest BCUT2D eigenvalue weighted by atomic mass is 10.1. The minimum atomic E-state index is 0.576. The maximum Gasteiger partial charge on any atom is 0.255 e. The van der Waals surface area contributed by atoms with E-state index < -0.39 is 0 Å². The maximum atomic E-state index is 6.02. The van der Waals surface area contributed by atoms with Crippen molar-refractivity contribution < 1.29 is 0 Å². The zero-order valence-corrected chi connectivity index (χ0v) is 21.9. The van der Waals surface area contributed by atoms with Crippen molar-refractivity contribution in [2.45, 2.75) is 50.4 Å². The van der Waals surface area contributed by atoms with Crippen molar-refractivity contribution in [1.82, 2.24) is 29.8 Å². The van der Waals surface area contributed by atoms with Crippen LogP contribution >= 0.6 is 23.4 Å². The van der Waals surface area contributed by atoms with Gasteiger partial charge in [-0.25, -0.2) is 4.98 Å². The van der Waals surface area contributed by atoms with Crippen LogP contribution in [-0.2, 0) is 12.2 Å². The number of H-pyrrole nitrogens is 1. The molecule has 184 valence electrons. The highest BCUT2D eigenvalue weighted by molar-refractivity contribution is 7.98. The molecule has 2 N–H and O–H groups in total. The lowest BCUT2D eigenvalue weighted by molar-refractivity contribution is 0.709. The summed E-state index contributed by atoms with van der Waals surface area (Å²) in [5.74, 6) is 2.92. The van der Waals surface area contributed by atoms with Gasteiger partial charge in [0, 0.05) is 28.1 Å². The average Bonchev–Trinajstić information content (AvgIpc) is 3.53. The highest BCUT2D eigenvalue weighted by Crippen LogP contribution is 2.29. The number of nitrogens with one attached hydrogen (secondary N) is 2. The van der Waals surface area contributed by atoms with Gasteiger partial charge in [0.15, 0.2) is 5.82 Å². The van der Waals surface area contributed by atoms with Gasteiger partial charge < -0.3 is 5.32 Å². The number of thioether (sulfide) groups is 1. The lowest BCUT2D eigenvalue weighted by Crippen LogP contribution is -2.09. The molecule has 5 aromatic rings. The second-order valence-corrected chi connectivity index (χ2v) is 10.0. The van der Waals surface area contributed by atoms with Gasteiger partial charge in [0.2, 0.25) is 5.16 Å². The molecule has 0 aliphatic rings. The summed E-state index contributed by atoms with van der Waals surface area (Å²) < 4.78 is 1.81. The molecule has 0 aliphatic carbocycles. The Kier molecular flexibility index (Phi) is 7.53. The fourth-order valence-electron chi connectivity index (χ4n) is 4.07. The Bertz CT molecular complexity index is 1440. The summed E-state index contributed by atoms with van der Waals surface area (Å²) in [7, 11) is 0. The van der Waals surface area contributed by atoms with E-state index in [9.17, 15) is 0 Å². The van der Waals surface area contributed by atoms with Gasteiger partial charge in [-0.05, 0) is 43.0 Å². The third-order valence-electron chi connectivity index (χ3n) is 5.99. The van der Waals surface area contributed by atoms with Crippen LogP contribution in [0.4, 0.5) is 11.6 Å². The van der Waals surface area contributed by atoms with Crippen molar-refractivity contribution in [2.24, 2.45) is 0 Å². The van der Waals surface area contributed by atoms with Crippen LogP contribution in [0.15, 0.2) is 65.8 Å². The van der Waals surface area contributed by atoms with Gasteiger partial charge in [-0.2, -0.15) is 14.6 Å². The number of fused-ring (bicyclic) bond motifs is 1. The monoisotopic (exact) mass is 517 g/mol. The largest absolute Gasteiger partial charge is 0.323 e. The SMILES string of the molecule is CCCCCc1c(C)nc2nc(SCc3ccc(Cl)cc3)nn2c1Nc1cc(-c2ccccc2)[nH]n1. The Labute approximate surface area is 219 Å². The van der Waals surface area contributed by atoms with E-state index in [1.807, 2.05) is 60.0 Å². The Morgan fingerprint density at radius 1 is 1.03 bits per heavy atom. The minimum absolute atomic E-state index is 0.576. The summed E-state index contributed by atoms with van der Waals surface area (Å²) >= 11 is 7.60. The normalized spacial score (nSPS) is 11.3. The summed E-state index contributed by atoms with van der Waals surface area (Å²) in [6.45, 7) is 4.26. The van der Waals surface area contributed by atoms with Crippen LogP contribution in [0.1, 0.15) is 43.0 Å². The van der Waals surface area contributed by atoms with Gasteiger partial charge >= 0.3 is 0 Å². The highest BCUT2D eigenvalue weighted by atomic mass is 35.5. The van der Waals surface area contributed by atoms with Gasteiger partial charge in [-0.3, -0.25) is 5.10 Å². The molecule has 0 saturated carbocycles. The number of hydrogen-bond acceptors (Lipinski definition) is 6. The number of aryl methyl sites for hydroxylation is 1. The van der Waals surface area contributed by atoms with E-state index in [1.54, 1.807) is 11.8 Å². The smallest absolute Gasteiger partial charge is 0.255 e. The van der Waals surface area contributed by atoms with Crippen molar-refractivity contribution in [1.29, 1.82) is 0 Å². The van der Waals surface area contributed by atoms with Gasteiger partial charge in [-0.15, -0.1) is 5.10 Å². The van der Waals surface area contributed by atoms with Crippen LogP contribution in [0.5, 0.6) is 0 Å². The van der Waals surface area contributed by atoms with Crippen molar-refractivity contribution in [3.05, 3.63) is 82.5 Å². The van der Waals surface area contributed by atoms with E-state index in [0.717, 1.165) is 76.2 Å². The maximum absolute atomic E-state index is 6.02. The van der Waals surface area contributed by atoms with Gasteiger partial charge in [0.25, 0.3) is 5.78 Å². The summed E-state index contributed by atoms with van der Waals surface area (Å²) in [5.41, 5.74) is 5.29. The van der Waals surface area contributed by atoms with Crippen LogP contribution in [0.25, 0.3) is 17.0 Å². The lowest BCUT2D eigenvalue weighted by Gasteiger charge is -2.13. The molecule has 0 radical (unpaired) electrons. The fraction of sp³-hybridized carbons (Fsp3) is 0.259. The number of nitrogens with zero attached hydrogens (tertiary/aromatic N) is 5. The Hall–Kier alpha value is -3.36. The molecule has 2 aromatic carbocycles. The summed E-state index contributed by atoms with van der Waals surface area (Å²) in [5, 5.41) is 17.4. The molecule has 7 nitrogen and oxygen atoms in total. The standard InChI is InChI=1S/C27H28ClN7S/c1-3-4-6-11-22-18(2)29-26-31-27(36-17-19-12-14-21(28)15-13-19)34-35(26)25(22)30-24-16-23(32-33-24)20-9-7-5-8-10-20/h5,7-10,12-16H,3-4,6,11,17H2,1-2H3,(H2,30,32,33). The predicted molar refractivity (Wildman–Crippen MR) is 147 cm³/mol. The van der Waals surface area contributed by atoms with Crippen LogP contribution in [0.2, 0.25) is 5.02 Å². The van der Waals surface area contributed by atoms with Gasteiger partial charge in [0.05, 0.1) is 5.69 Å². The van der Waals surface area contributed by atoms with Crippen molar-refractivity contribution in [3.8, 4) is 11.3 Å². The summed E-state index contributed by atoms with van der Waals surface area (Å²) in [6.07, 6.45) is 4.32. The Balaban J connectivity index is 1.47. The number of anilines is 2. The zero-order valence-electron chi connectivity index (χ0n) is 20.3. The zero-order chi connectivity index (χ0) is 24.9. The van der Waals surface area contributed by atoms with Crippen LogP contribution < -0.4 is 5.32 Å². The predicted octanol–water partition coefficient (Wildman–Crippen LogP) is 7.24. The topological polar surface area (TPSA) is 83.8 Å². The number of unbranched alkanes of at least 4 members (excludes halogenated alkanes) is 2. The molecule has 3 heterocycles. The number of aromatic nitrogens is 6. The molecule has 0 unspecified atom stereocenters. The quantitative estimate of drug-likeness (QED) is 0.150. The first-order valence-electron chi connectivity index (χ1n) is 12.1. The first-order valence-corrected chi connectivity index (χ1v) is 13.5. The van der Waals surface area contributed by atoms with Crippen LogP contribution in [0.3, 0.4) is 0 Å². The van der Waals surface area contributed by atoms with Crippen molar-refractivity contribution in [3.63, 3.8) is 0 Å². The Morgan fingerprint density at radius 3 is 2.61 bits per heavy atom. The fourth-order valence-corrected chi connectivity index (χ4v) is 4.97. The van der Waals surface area contributed by atoms with E-state index in [1.165, 1.54) is 0 Å². The molecule has 0 saturated heterocycles. The van der Waals surface area contributed by atoms with Gasteiger partial charge in [-0.1, -0.05) is 85.6 Å². The molecule has 0 spiro atoms. The molecule has 3 aromatic heterocycles. The molecule has 36 heavy (non-hydrogen) atoms. The molecule has 0 amide bonds. The van der Waals surface area contributed by atoms with Crippen LogP contribution in [0, 0.1) is 6.92 Å². The minimum Gasteiger partial charge on any atom is -0.323 e. The Morgan fingerprint density at radius 2 is 1.83 bits per heavy atom. The molecule has 9 heteroatoms. The summed E-state index contributed by atoms with van der Waals surface area (Å²) in [4.78, 5) is 9.50. The second kappa shape index (κ2) is 11.1. The van der Waals surface area contributed by atoms with Crippen molar-refractivity contribution in [2.75, 3.05) is 5.32 Å². The average molecular weight is 518 g/mol. The van der Waals surface area contributed by atoms with E-state index in [0.29, 0.717) is 10.9 Å².